The Morgan fingerprint density at radius 1 is 1.35 bits per heavy atom. The second-order valence-corrected chi connectivity index (χ2v) is 5.93. The van der Waals surface area contributed by atoms with Crippen molar-refractivity contribution in [3.8, 4) is 0 Å². The summed E-state index contributed by atoms with van der Waals surface area (Å²) < 4.78 is 5.88. The van der Waals surface area contributed by atoms with Gasteiger partial charge in [0.05, 0.1) is 6.10 Å². The second kappa shape index (κ2) is 10.2. The molecule has 0 saturated carbocycles. The van der Waals surface area contributed by atoms with Crippen molar-refractivity contribution in [2.24, 2.45) is 5.92 Å². The molecule has 0 heterocycles. The number of rotatable bonds is 12. The maximum absolute atomic E-state index is 11.4. The molecular weight excluding hydrogens is 254 g/mol. The highest BCUT2D eigenvalue weighted by Gasteiger charge is 2.34. The maximum atomic E-state index is 11.4. The van der Waals surface area contributed by atoms with E-state index in [1.165, 1.54) is 19.3 Å². The van der Waals surface area contributed by atoms with Crippen LogP contribution in [-0.2, 0) is 9.53 Å². The van der Waals surface area contributed by atoms with Gasteiger partial charge in [0, 0.05) is 13.0 Å². The number of hydrogen-bond acceptors (Lipinski definition) is 3. The molecule has 20 heavy (non-hydrogen) atoms. The summed E-state index contributed by atoms with van der Waals surface area (Å²) in [6.07, 6.45) is 5.20. The molecular formula is C16H33NO3. The minimum Gasteiger partial charge on any atom is -0.480 e. The van der Waals surface area contributed by atoms with Crippen molar-refractivity contribution in [2.45, 2.75) is 78.4 Å². The van der Waals surface area contributed by atoms with Gasteiger partial charge < -0.3 is 15.2 Å². The molecule has 0 aliphatic heterocycles. The molecule has 3 unspecified atom stereocenters. The number of ether oxygens (including phenoxy) is 1. The van der Waals surface area contributed by atoms with Gasteiger partial charge >= 0.3 is 5.97 Å². The normalized spacial score (nSPS) is 17.4. The predicted octanol–water partition coefficient (Wildman–Crippen LogP) is 3.45. The fourth-order valence-corrected chi connectivity index (χ4v) is 2.46. The number of aliphatic carboxylic acids is 1. The van der Waals surface area contributed by atoms with E-state index in [1.807, 2.05) is 13.8 Å². The van der Waals surface area contributed by atoms with Crippen molar-refractivity contribution in [1.29, 1.82) is 0 Å². The van der Waals surface area contributed by atoms with Gasteiger partial charge in [0.2, 0.25) is 0 Å². The Morgan fingerprint density at radius 2 is 2.00 bits per heavy atom. The minimum atomic E-state index is -0.903. The van der Waals surface area contributed by atoms with Crippen LogP contribution in [0.15, 0.2) is 0 Å². The quantitative estimate of drug-likeness (QED) is 0.577. The summed E-state index contributed by atoms with van der Waals surface area (Å²) in [6, 6.07) is 0. The summed E-state index contributed by atoms with van der Waals surface area (Å²) in [4.78, 5) is 11.4. The molecule has 0 bridgehead atoms. The Hall–Kier alpha value is -0.610. The molecule has 4 heteroatoms. The van der Waals surface area contributed by atoms with Crippen molar-refractivity contribution in [3.05, 3.63) is 0 Å². The minimum absolute atomic E-state index is 0.0502. The van der Waals surface area contributed by atoms with Gasteiger partial charge in [-0.05, 0) is 32.7 Å². The summed E-state index contributed by atoms with van der Waals surface area (Å²) in [5.41, 5.74) is -0.903. The van der Waals surface area contributed by atoms with Crippen LogP contribution in [0.4, 0.5) is 0 Å². The summed E-state index contributed by atoms with van der Waals surface area (Å²) >= 11 is 0. The number of unbranched alkanes of at least 4 members (excludes halogenated alkanes) is 1. The first-order valence-electron chi connectivity index (χ1n) is 7.99. The van der Waals surface area contributed by atoms with Gasteiger partial charge in [0.15, 0.2) is 0 Å². The predicted molar refractivity (Wildman–Crippen MR) is 83.1 cm³/mol. The summed E-state index contributed by atoms with van der Waals surface area (Å²) in [7, 11) is 0. The number of carboxylic acids is 1. The third-order valence-corrected chi connectivity index (χ3v) is 3.89. The van der Waals surface area contributed by atoms with Crippen LogP contribution in [0.2, 0.25) is 0 Å². The van der Waals surface area contributed by atoms with Gasteiger partial charge in [-0.25, -0.2) is 0 Å². The average Bonchev–Trinajstić information content (AvgIpc) is 2.39. The highest BCUT2D eigenvalue weighted by Crippen LogP contribution is 2.18. The smallest absolute Gasteiger partial charge is 0.323 e. The molecule has 0 rings (SSSR count). The highest BCUT2D eigenvalue weighted by molar-refractivity contribution is 5.78. The molecule has 0 aliphatic carbocycles. The van der Waals surface area contributed by atoms with Crippen LogP contribution in [0, 0.1) is 5.92 Å². The van der Waals surface area contributed by atoms with Crippen LogP contribution >= 0.6 is 0 Å². The van der Waals surface area contributed by atoms with E-state index in [9.17, 15) is 9.90 Å². The van der Waals surface area contributed by atoms with Crippen LogP contribution in [0.1, 0.15) is 66.7 Å². The third-order valence-electron chi connectivity index (χ3n) is 3.89. The van der Waals surface area contributed by atoms with Gasteiger partial charge in [0.1, 0.15) is 5.54 Å². The molecule has 0 amide bonds. The fourth-order valence-electron chi connectivity index (χ4n) is 2.46. The molecule has 4 nitrogen and oxygen atoms in total. The lowest BCUT2D eigenvalue weighted by atomic mass is 9.94. The van der Waals surface area contributed by atoms with Crippen molar-refractivity contribution in [1.82, 2.24) is 5.32 Å². The molecule has 0 aromatic heterocycles. The van der Waals surface area contributed by atoms with E-state index in [0.29, 0.717) is 18.9 Å². The fraction of sp³-hybridized carbons (Fsp3) is 0.938. The molecule has 0 aromatic rings. The molecule has 3 atom stereocenters. The highest BCUT2D eigenvalue weighted by atomic mass is 16.5. The zero-order valence-electron chi connectivity index (χ0n) is 13.9. The van der Waals surface area contributed by atoms with E-state index in [1.54, 1.807) is 6.92 Å². The molecule has 0 aliphatic rings. The van der Waals surface area contributed by atoms with Crippen LogP contribution in [0.25, 0.3) is 0 Å². The summed E-state index contributed by atoms with van der Waals surface area (Å²) in [6.45, 7) is 11.4. The zero-order valence-corrected chi connectivity index (χ0v) is 13.9. The summed E-state index contributed by atoms with van der Waals surface area (Å²) in [5, 5.41) is 12.4. The topological polar surface area (TPSA) is 58.6 Å². The number of carbonyl (C=O) groups is 1. The number of carboxylic acid groups (broad SMARTS) is 1. The first-order valence-corrected chi connectivity index (χ1v) is 7.99. The van der Waals surface area contributed by atoms with Crippen molar-refractivity contribution in [3.63, 3.8) is 0 Å². The molecule has 0 aromatic carbocycles. The Labute approximate surface area is 124 Å². The summed E-state index contributed by atoms with van der Waals surface area (Å²) in [5.74, 6) is -0.222. The lowest BCUT2D eigenvalue weighted by Gasteiger charge is -2.29. The van der Waals surface area contributed by atoms with Crippen LogP contribution in [0.5, 0.6) is 0 Å². The van der Waals surface area contributed by atoms with Gasteiger partial charge in [-0.1, -0.05) is 40.0 Å². The van der Waals surface area contributed by atoms with E-state index in [0.717, 1.165) is 13.0 Å². The Kier molecular flexibility index (Phi) is 9.86. The standard InChI is InChI=1S/C16H33NO3/c1-6-9-10-14(7-2)12-20-13(4)11-16(5,15(18)19)17-8-3/h13-14,17H,6-12H2,1-5H3,(H,18,19). The largest absolute Gasteiger partial charge is 0.480 e. The number of nitrogens with one attached hydrogen (secondary N) is 1. The Balaban J connectivity index is 4.25. The first-order chi connectivity index (χ1) is 9.39. The lowest BCUT2D eigenvalue weighted by molar-refractivity contribution is -0.146. The van der Waals surface area contributed by atoms with Gasteiger partial charge in [0.25, 0.3) is 0 Å². The molecule has 2 N–H and O–H groups in total. The van der Waals surface area contributed by atoms with E-state index in [4.69, 9.17) is 4.74 Å². The van der Waals surface area contributed by atoms with Gasteiger partial charge in [-0.15, -0.1) is 0 Å². The van der Waals surface area contributed by atoms with Crippen LogP contribution < -0.4 is 5.32 Å². The Bertz CT molecular complexity index is 270. The first kappa shape index (κ1) is 19.4. The monoisotopic (exact) mass is 287 g/mol. The molecule has 0 spiro atoms. The van der Waals surface area contributed by atoms with Gasteiger partial charge in [-0.2, -0.15) is 0 Å². The zero-order chi connectivity index (χ0) is 15.6. The van der Waals surface area contributed by atoms with E-state index < -0.39 is 11.5 Å². The van der Waals surface area contributed by atoms with E-state index in [2.05, 4.69) is 19.2 Å². The van der Waals surface area contributed by atoms with E-state index in [-0.39, 0.29) is 6.10 Å². The van der Waals surface area contributed by atoms with Crippen molar-refractivity contribution >= 4 is 5.97 Å². The molecule has 0 radical (unpaired) electrons. The van der Waals surface area contributed by atoms with Crippen molar-refractivity contribution in [2.75, 3.05) is 13.2 Å². The molecule has 0 fully saturated rings. The molecule has 0 saturated heterocycles. The Morgan fingerprint density at radius 3 is 2.45 bits per heavy atom. The number of hydrogen-bond donors (Lipinski definition) is 2. The third kappa shape index (κ3) is 7.25. The SMILES string of the molecule is CCCCC(CC)COC(C)CC(C)(NCC)C(=O)O. The molecule has 120 valence electrons. The van der Waals surface area contributed by atoms with E-state index >= 15 is 0 Å². The van der Waals surface area contributed by atoms with Crippen molar-refractivity contribution < 1.29 is 14.6 Å². The van der Waals surface area contributed by atoms with Gasteiger partial charge in [-0.3, -0.25) is 4.79 Å². The maximum Gasteiger partial charge on any atom is 0.323 e. The lowest BCUT2D eigenvalue weighted by Crippen LogP contribution is -2.51. The average molecular weight is 287 g/mol. The van der Waals surface area contributed by atoms with Crippen LogP contribution in [0.3, 0.4) is 0 Å². The second-order valence-electron chi connectivity index (χ2n) is 5.93. The number of likely N-dealkylation sites (N-methyl/N-ethyl adjacent to an activating group) is 1. The van der Waals surface area contributed by atoms with Crippen LogP contribution in [-0.4, -0.2) is 35.9 Å².